The summed E-state index contributed by atoms with van der Waals surface area (Å²) in [5.74, 6) is 0.994. The Bertz CT molecular complexity index is 1130. The molecule has 1 aromatic heterocycles. The minimum Gasteiger partial charge on any atom is -0.493 e. The van der Waals surface area contributed by atoms with E-state index >= 15 is 0 Å². The Balaban J connectivity index is 2.20. The van der Waals surface area contributed by atoms with Crippen LogP contribution in [0.2, 0.25) is 0 Å². The highest BCUT2D eigenvalue weighted by atomic mass is 19.4. The lowest BCUT2D eigenvalue weighted by molar-refractivity contribution is -0.137. The van der Waals surface area contributed by atoms with Crippen molar-refractivity contribution < 1.29 is 27.4 Å². The lowest BCUT2D eigenvalue weighted by Gasteiger charge is -2.21. The highest BCUT2D eigenvalue weighted by Gasteiger charge is 2.31. The van der Waals surface area contributed by atoms with Gasteiger partial charge >= 0.3 is 6.18 Å². The van der Waals surface area contributed by atoms with Crippen LogP contribution in [0.25, 0.3) is 10.9 Å². The quantitative estimate of drug-likeness (QED) is 0.458. The summed E-state index contributed by atoms with van der Waals surface area (Å²) in [4.78, 5) is 4.59. The Kier molecular flexibility index (Phi) is 7.34. The predicted octanol–water partition coefficient (Wildman–Crippen LogP) is 5.50. The Morgan fingerprint density at radius 2 is 1.76 bits per heavy atom. The number of alkyl halides is 3. The van der Waals surface area contributed by atoms with Crippen LogP contribution in [0.4, 0.5) is 13.2 Å². The van der Waals surface area contributed by atoms with Crippen molar-refractivity contribution in [3.8, 4) is 23.1 Å². The molecule has 0 aliphatic carbocycles. The number of ether oxygens (including phenoxy) is 3. The highest BCUT2D eigenvalue weighted by molar-refractivity contribution is 5.94. The first-order chi connectivity index (χ1) is 15.5. The zero-order valence-electron chi connectivity index (χ0n) is 19.0. The molecule has 1 heterocycles. The van der Waals surface area contributed by atoms with Crippen LogP contribution in [0, 0.1) is 6.92 Å². The summed E-state index contributed by atoms with van der Waals surface area (Å²) in [5, 5.41) is 0.582. The molecule has 0 amide bonds. The van der Waals surface area contributed by atoms with E-state index in [0.29, 0.717) is 40.9 Å². The molecule has 9 heteroatoms. The fraction of sp³-hybridized carbons (Fsp3) is 0.375. The van der Waals surface area contributed by atoms with Crippen LogP contribution in [0.5, 0.6) is 23.1 Å². The fourth-order valence-electron chi connectivity index (χ4n) is 3.63. The maximum absolute atomic E-state index is 13.2. The number of methoxy groups -OCH3 is 2. The summed E-state index contributed by atoms with van der Waals surface area (Å²) in [6, 6.07) is 7.70. The van der Waals surface area contributed by atoms with Gasteiger partial charge in [0.15, 0.2) is 11.5 Å². The summed E-state index contributed by atoms with van der Waals surface area (Å²) >= 11 is 0. The molecule has 178 valence electrons. The third-order valence-corrected chi connectivity index (χ3v) is 5.35. The average molecular weight is 464 g/mol. The van der Waals surface area contributed by atoms with E-state index in [9.17, 15) is 13.2 Å². The van der Waals surface area contributed by atoms with Crippen LogP contribution < -0.4 is 25.7 Å². The number of hydrogen-bond donors (Lipinski definition) is 2. The van der Waals surface area contributed by atoms with E-state index in [-0.39, 0.29) is 17.5 Å². The summed E-state index contributed by atoms with van der Waals surface area (Å²) in [7, 11) is 2.97. The first-order valence-electron chi connectivity index (χ1n) is 10.5. The number of pyridine rings is 1. The van der Waals surface area contributed by atoms with Crippen molar-refractivity contribution >= 4 is 10.9 Å². The predicted molar refractivity (Wildman–Crippen MR) is 121 cm³/mol. The van der Waals surface area contributed by atoms with E-state index in [2.05, 4.69) is 4.98 Å². The average Bonchev–Trinajstić information content (AvgIpc) is 2.76. The van der Waals surface area contributed by atoms with Gasteiger partial charge in [0.05, 0.1) is 30.7 Å². The van der Waals surface area contributed by atoms with Crippen molar-refractivity contribution in [3.63, 3.8) is 0 Å². The van der Waals surface area contributed by atoms with Gasteiger partial charge in [0.25, 0.3) is 0 Å². The van der Waals surface area contributed by atoms with Gasteiger partial charge in [0.2, 0.25) is 5.88 Å². The van der Waals surface area contributed by atoms with E-state index in [4.69, 9.17) is 25.7 Å². The summed E-state index contributed by atoms with van der Waals surface area (Å²) < 4.78 is 56.5. The second kappa shape index (κ2) is 9.84. The standard InChI is InChI=1S/C24H28F3N3O3/c1-13-10-20(32-4)30-22-17(18(29)9-8-14(2)28)12-19(31-3)23(21(13)22)33-16-7-5-6-15(11-16)24(25,26)27/h5-7,10-12,14,18H,8-9,28-29H2,1-4H3. The molecular formula is C24H28F3N3O3. The minimum atomic E-state index is -4.49. The van der Waals surface area contributed by atoms with Crippen LogP contribution >= 0.6 is 0 Å². The molecule has 6 nitrogen and oxygen atoms in total. The number of aromatic nitrogens is 1. The molecule has 3 aromatic rings. The van der Waals surface area contributed by atoms with Crippen molar-refractivity contribution in [2.45, 2.75) is 44.9 Å². The second-order valence-corrected chi connectivity index (χ2v) is 7.99. The lowest BCUT2D eigenvalue weighted by atomic mass is 9.95. The largest absolute Gasteiger partial charge is 0.493 e. The molecule has 33 heavy (non-hydrogen) atoms. The Hall–Kier alpha value is -3.04. The van der Waals surface area contributed by atoms with Crippen molar-refractivity contribution in [1.29, 1.82) is 0 Å². The molecule has 2 unspecified atom stereocenters. The zero-order valence-corrected chi connectivity index (χ0v) is 19.0. The molecule has 0 radical (unpaired) electrons. The second-order valence-electron chi connectivity index (χ2n) is 7.99. The molecule has 0 spiro atoms. The molecule has 0 bridgehead atoms. The van der Waals surface area contributed by atoms with E-state index in [1.807, 2.05) is 13.8 Å². The van der Waals surface area contributed by atoms with Gasteiger partial charge < -0.3 is 25.7 Å². The van der Waals surface area contributed by atoms with Crippen LogP contribution in [0.1, 0.15) is 42.5 Å². The molecular weight excluding hydrogens is 435 g/mol. The van der Waals surface area contributed by atoms with Crippen LogP contribution in [0.15, 0.2) is 36.4 Å². The molecule has 3 rings (SSSR count). The van der Waals surface area contributed by atoms with Crippen LogP contribution in [-0.4, -0.2) is 25.2 Å². The normalized spacial score (nSPS) is 13.6. The number of benzene rings is 2. The smallest absolute Gasteiger partial charge is 0.416 e. The number of aryl methyl sites for hydroxylation is 1. The van der Waals surface area contributed by atoms with Crippen LogP contribution in [-0.2, 0) is 6.18 Å². The minimum absolute atomic E-state index is 0.0167. The third-order valence-electron chi connectivity index (χ3n) is 5.35. The number of hydrogen-bond acceptors (Lipinski definition) is 6. The van der Waals surface area contributed by atoms with Gasteiger partial charge in [-0.15, -0.1) is 0 Å². The van der Waals surface area contributed by atoms with Crippen molar-refractivity contribution in [2.75, 3.05) is 14.2 Å². The van der Waals surface area contributed by atoms with Gasteiger partial charge in [-0.2, -0.15) is 13.2 Å². The zero-order chi connectivity index (χ0) is 24.3. The topological polar surface area (TPSA) is 92.6 Å². The maximum atomic E-state index is 13.2. The molecule has 2 aromatic carbocycles. The van der Waals surface area contributed by atoms with Crippen LogP contribution in [0.3, 0.4) is 0 Å². The van der Waals surface area contributed by atoms with E-state index < -0.39 is 17.8 Å². The SMILES string of the molecule is COc1cc(C)c2c(Oc3cccc(C(F)(F)F)c3)c(OC)cc(C(N)CCC(C)N)c2n1. The Morgan fingerprint density at radius 3 is 2.36 bits per heavy atom. The van der Waals surface area contributed by atoms with Gasteiger partial charge in [0, 0.05) is 18.2 Å². The molecule has 0 saturated carbocycles. The lowest BCUT2D eigenvalue weighted by Crippen LogP contribution is -2.19. The summed E-state index contributed by atoms with van der Waals surface area (Å²) in [6.07, 6.45) is -3.18. The number of halogens is 3. The fourth-order valence-corrected chi connectivity index (χ4v) is 3.63. The van der Waals surface area contributed by atoms with Gasteiger partial charge in [0.1, 0.15) is 5.75 Å². The first-order valence-corrected chi connectivity index (χ1v) is 10.5. The highest BCUT2D eigenvalue weighted by Crippen LogP contribution is 2.44. The van der Waals surface area contributed by atoms with Gasteiger partial charge in [-0.05, 0) is 62.1 Å². The number of fused-ring (bicyclic) bond motifs is 1. The van der Waals surface area contributed by atoms with E-state index in [0.717, 1.165) is 17.7 Å². The van der Waals surface area contributed by atoms with E-state index in [1.165, 1.54) is 26.4 Å². The van der Waals surface area contributed by atoms with Crippen molar-refractivity contribution in [3.05, 3.63) is 53.1 Å². The monoisotopic (exact) mass is 463 g/mol. The van der Waals surface area contributed by atoms with E-state index in [1.54, 1.807) is 12.1 Å². The Labute approximate surface area is 190 Å². The number of nitrogens with zero attached hydrogens (tertiary/aromatic N) is 1. The van der Waals surface area contributed by atoms with Crippen molar-refractivity contribution in [2.24, 2.45) is 11.5 Å². The maximum Gasteiger partial charge on any atom is 0.416 e. The molecule has 0 fully saturated rings. The molecule has 2 atom stereocenters. The van der Waals surface area contributed by atoms with Gasteiger partial charge in [-0.1, -0.05) is 6.07 Å². The Morgan fingerprint density at radius 1 is 1.03 bits per heavy atom. The first kappa shape index (κ1) is 24.6. The molecule has 0 aliphatic rings. The summed E-state index contributed by atoms with van der Waals surface area (Å²) in [6.45, 7) is 3.74. The van der Waals surface area contributed by atoms with Gasteiger partial charge in [-0.25, -0.2) is 4.98 Å². The van der Waals surface area contributed by atoms with Gasteiger partial charge in [-0.3, -0.25) is 0 Å². The molecule has 0 aliphatic heterocycles. The summed E-state index contributed by atoms with van der Waals surface area (Å²) in [5.41, 5.74) is 13.6. The van der Waals surface area contributed by atoms with Crippen molar-refractivity contribution in [1.82, 2.24) is 4.98 Å². The molecule has 0 saturated heterocycles. The number of rotatable bonds is 8. The number of nitrogens with two attached hydrogens (primary N) is 2. The molecule has 4 N–H and O–H groups in total. The third kappa shape index (κ3) is 5.48.